The largest absolute Gasteiger partial charge is 0.333 e. The number of aliphatic imine (C=N–C) groups is 1. The summed E-state index contributed by atoms with van der Waals surface area (Å²) in [5, 5.41) is 0. The molecule has 0 atom stereocenters. The summed E-state index contributed by atoms with van der Waals surface area (Å²) >= 11 is 0. The highest BCUT2D eigenvalue weighted by Crippen LogP contribution is 2.32. The molecule has 1 amide bonds. The van der Waals surface area contributed by atoms with E-state index in [1.165, 1.54) is 27.8 Å². The highest BCUT2D eigenvalue weighted by Gasteiger charge is 2.37. The first-order valence-electron chi connectivity index (χ1n) is 11.3. The number of hydrogen-bond donors (Lipinski definition) is 0. The summed E-state index contributed by atoms with van der Waals surface area (Å²) in [7, 11) is 0. The minimum Gasteiger partial charge on any atom is -0.333 e. The molecule has 5 nitrogen and oxygen atoms in total. The minimum absolute atomic E-state index is 0.255. The summed E-state index contributed by atoms with van der Waals surface area (Å²) < 4.78 is 0. The molecule has 2 aromatic carbocycles. The van der Waals surface area contributed by atoms with Crippen LogP contribution in [0.4, 0.5) is 0 Å². The molecule has 160 valence electrons. The molecule has 1 aromatic heterocycles. The maximum absolute atomic E-state index is 13.0. The van der Waals surface area contributed by atoms with Gasteiger partial charge in [0.05, 0.1) is 24.7 Å². The summed E-state index contributed by atoms with van der Waals surface area (Å²) in [6.07, 6.45) is 2.35. The van der Waals surface area contributed by atoms with Gasteiger partial charge in [-0.05, 0) is 47.4 Å². The molecule has 0 bridgehead atoms. The van der Waals surface area contributed by atoms with E-state index in [0.29, 0.717) is 25.6 Å². The third-order valence-corrected chi connectivity index (χ3v) is 6.89. The van der Waals surface area contributed by atoms with E-state index in [0.717, 1.165) is 36.6 Å². The van der Waals surface area contributed by atoms with Gasteiger partial charge in [0, 0.05) is 49.2 Å². The predicted molar refractivity (Wildman–Crippen MR) is 125 cm³/mol. The maximum Gasteiger partial charge on any atom is 0.227 e. The van der Waals surface area contributed by atoms with Crippen LogP contribution >= 0.6 is 0 Å². The lowest BCUT2D eigenvalue weighted by atomic mass is 9.90. The third kappa shape index (κ3) is 3.43. The molecule has 4 heterocycles. The number of carbonyl (C=O) groups excluding carboxylic acids is 1. The molecule has 1 saturated heterocycles. The van der Waals surface area contributed by atoms with Crippen LogP contribution in [0, 0.1) is 6.92 Å². The van der Waals surface area contributed by atoms with E-state index in [1.54, 1.807) is 0 Å². The SMILES string of the molecule is Cc1cc(C2=NCc3cc4c(cc32)CN(C2CN(Cc3ccccc3)C2)C(=O)C4)ccn1. The summed E-state index contributed by atoms with van der Waals surface area (Å²) in [5.41, 5.74) is 9.38. The topological polar surface area (TPSA) is 48.8 Å². The zero-order valence-corrected chi connectivity index (χ0v) is 18.3. The van der Waals surface area contributed by atoms with Crippen LogP contribution in [-0.2, 0) is 30.8 Å². The lowest BCUT2D eigenvalue weighted by molar-refractivity contribution is -0.138. The van der Waals surface area contributed by atoms with Crippen molar-refractivity contribution >= 4 is 11.6 Å². The second-order valence-corrected chi connectivity index (χ2v) is 9.16. The van der Waals surface area contributed by atoms with E-state index in [1.807, 2.05) is 19.2 Å². The minimum atomic E-state index is 0.255. The Bertz CT molecular complexity index is 1230. The Morgan fingerprint density at radius 1 is 1.00 bits per heavy atom. The normalized spacial score (nSPS) is 18.2. The molecule has 3 aliphatic rings. The van der Waals surface area contributed by atoms with Crippen molar-refractivity contribution in [1.29, 1.82) is 0 Å². The van der Waals surface area contributed by atoms with E-state index >= 15 is 0 Å². The molecular formula is C27H26N4O. The second-order valence-electron chi connectivity index (χ2n) is 9.16. The number of rotatable bonds is 4. The van der Waals surface area contributed by atoms with Crippen LogP contribution in [0.1, 0.15) is 39.1 Å². The molecule has 3 aliphatic heterocycles. The van der Waals surface area contributed by atoms with E-state index < -0.39 is 0 Å². The van der Waals surface area contributed by atoms with Gasteiger partial charge in [-0.1, -0.05) is 36.4 Å². The van der Waals surface area contributed by atoms with Crippen LogP contribution in [0.5, 0.6) is 0 Å². The van der Waals surface area contributed by atoms with Gasteiger partial charge < -0.3 is 4.90 Å². The predicted octanol–water partition coefficient (Wildman–Crippen LogP) is 3.51. The first-order chi connectivity index (χ1) is 15.6. The van der Waals surface area contributed by atoms with Crippen LogP contribution < -0.4 is 0 Å². The number of aryl methyl sites for hydroxylation is 1. The number of carbonyl (C=O) groups is 1. The number of hydrogen-bond acceptors (Lipinski definition) is 4. The summed E-state index contributed by atoms with van der Waals surface area (Å²) in [4.78, 5) is 26.6. The Balaban J connectivity index is 1.20. The van der Waals surface area contributed by atoms with Gasteiger partial charge in [-0.15, -0.1) is 0 Å². The number of amides is 1. The van der Waals surface area contributed by atoms with Crippen LogP contribution in [0.25, 0.3) is 0 Å². The van der Waals surface area contributed by atoms with Gasteiger partial charge in [-0.3, -0.25) is 19.7 Å². The van der Waals surface area contributed by atoms with Crippen molar-refractivity contribution in [2.24, 2.45) is 4.99 Å². The first kappa shape index (κ1) is 19.4. The van der Waals surface area contributed by atoms with Crippen LogP contribution in [-0.4, -0.2) is 45.5 Å². The fourth-order valence-corrected chi connectivity index (χ4v) is 5.17. The van der Waals surface area contributed by atoms with E-state index in [-0.39, 0.29) is 5.91 Å². The zero-order chi connectivity index (χ0) is 21.7. The van der Waals surface area contributed by atoms with Gasteiger partial charge in [0.15, 0.2) is 0 Å². The number of nitrogens with zero attached hydrogens (tertiary/aromatic N) is 4. The quantitative estimate of drug-likeness (QED) is 0.647. The molecule has 3 aromatic rings. The molecule has 0 radical (unpaired) electrons. The molecule has 6 rings (SSSR count). The standard InChI is InChI=1S/C27H26N4O/c1-18-9-20(7-8-28-18)27-25-11-23-15-31(26(32)12-21(23)10-22(25)13-29-27)24-16-30(17-24)14-19-5-3-2-4-6-19/h2-11,24H,12-17H2,1H3. The molecule has 1 fully saturated rings. The average molecular weight is 423 g/mol. The van der Waals surface area contributed by atoms with Crippen molar-refractivity contribution < 1.29 is 4.79 Å². The number of aromatic nitrogens is 1. The Morgan fingerprint density at radius 2 is 1.84 bits per heavy atom. The number of benzene rings is 2. The molecule has 5 heteroatoms. The fraction of sp³-hybridized carbons (Fsp3) is 0.296. The molecular weight excluding hydrogens is 396 g/mol. The van der Waals surface area contributed by atoms with Crippen molar-refractivity contribution in [3.8, 4) is 0 Å². The molecule has 0 saturated carbocycles. The lowest BCUT2D eigenvalue weighted by Crippen LogP contribution is -2.61. The van der Waals surface area contributed by atoms with Crippen molar-refractivity contribution in [1.82, 2.24) is 14.8 Å². The Morgan fingerprint density at radius 3 is 2.66 bits per heavy atom. The van der Waals surface area contributed by atoms with E-state index in [9.17, 15) is 4.79 Å². The summed E-state index contributed by atoms with van der Waals surface area (Å²) in [6.45, 7) is 6.25. The van der Waals surface area contributed by atoms with E-state index in [4.69, 9.17) is 4.99 Å². The Kier molecular flexibility index (Phi) is 4.65. The Labute approximate surface area is 188 Å². The van der Waals surface area contributed by atoms with Gasteiger partial charge in [0.1, 0.15) is 0 Å². The fourth-order valence-electron chi connectivity index (χ4n) is 5.17. The number of likely N-dealkylation sites (tertiary alicyclic amines) is 1. The smallest absolute Gasteiger partial charge is 0.227 e. The van der Waals surface area contributed by atoms with Crippen molar-refractivity contribution in [2.75, 3.05) is 13.1 Å². The average Bonchev–Trinajstić information content (AvgIpc) is 3.18. The van der Waals surface area contributed by atoms with Gasteiger partial charge in [-0.25, -0.2) is 0 Å². The highest BCUT2D eigenvalue weighted by molar-refractivity contribution is 6.15. The maximum atomic E-state index is 13.0. The first-order valence-corrected chi connectivity index (χ1v) is 11.3. The van der Waals surface area contributed by atoms with Crippen molar-refractivity contribution in [3.63, 3.8) is 0 Å². The molecule has 0 unspecified atom stereocenters. The van der Waals surface area contributed by atoms with Gasteiger partial charge in [0.25, 0.3) is 0 Å². The van der Waals surface area contributed by atoms with Crippen molar-refractivity contribution in [2.45, 2.75) is 39.0 Å². The molecule has 0 spiro atoms. The molecule has 0 aliphatic carbocycles. The number of fused-ring (bicyclic) bond motifs is 2. The monoisotopic (exact) mass is 422 g/mol. The number of pyridine rings is 1. The summed E-state index contributed by atoms with van der Waals surface area (Å²) in [5.74, 6) is 0.255. The van der Waals surface area contributed by atoms with Gasteiger partial charge in [0.2, 0.25) is 5.91 Å². The molecule has 32 heavy (non-hydrogen) atoms. The second kappa shape index (κ2) is 7.68. The zero-order valence-electron chi connectivity index (χ0n) is 18.3. The van der Waals surface area contributed by atoms with Gasteiger partial charge in [-0.2, -0.15) is 0 Å². The molecule has 0 N–H and O–H groups in total. The van der Waals surface area contributed by atoms with Gasteiger partial charge >= 0.3 is 0 Å². The Hall–Kier alpha value is -3.31. The van der Waals surface area contributed by atoms with Crippen LogP contribution in [0.15, 0.2) is 65.8 Å². The summed E-state index contributed by atoms with van der Waals surface area (Å²) in [6, 6.07) is 19.5. The highest BCUT2D eigenvalue weighted by atomic mass is 16.2. The van der Waals surface area contributed by atoms with Crippen LogP contribution in [0.3, 0.4) is 0 Å². The van der Waals surface area contributed by atoms with Crippen LogP contribution in [0.2, 0.25) is 0 Å². The lowest BCUT2D eigenvalue weighted by Gasteiger charge is -2.47. The van der Waals surface area contributed by atoms with E-state index in [2.05, 4.69) is 63.3 Å². The third-order valence-electron chi connectivity index (χ3n) is 6.89. The van der Waals surface area contributed by atoms with Crippen molar-refractivity contribution in [3.05, 3.63) is 99.9 Å².